The van der Waals surface area contributed by atoms with E-state index < -0.39 is 0 Å². The number of allylic oxidation sites excluding steroid dienone is 1. The minimum absolute atomic E-state index is 0.814. The highest BCUT2D eigenvalue weighted by molar-refractivity contribution is 5.05. The molecule has 0 amide bonds. The Morgan fingerprint density at radius 3 is 2.87 bits per heavy atom. The van der Waals surface area contributed by atoms with Gasteiger partial charge in [0.2, 0.25) is 0 Å². The molecule has 86 valence electrons. The van der Waals surface area contributed by atoms with Gasteiger partial charge in [0.05, 0.1) is 0 Å². The summed E-state index contributed by atoms with van der Waals surface area (Å²) < 4.78 is 0. The van der Waals surface area contributed by atoms with E-state index in [0.717, 1.165) is 12.0 Å². The molecule has 2 rings (SSSR count). The molecule has 1 heteroatoms. The second-order valence-electron chi connectivity index (χ2n) is 5.33. The molecule has 0 aromatic rings. The standard InChI is InChI=1S/C14H25N/c1-12-6-5-9-14(12)15-11-10-13-7-3-2-4-8-13/h7,12,14-15H,2-6,8-11H2,1H3/t12-,14-/m0/s1. The maximum absolute atomic E-state index is 3.74. The van der Waals surface area contributed by atoms with Crippen molar-refractivity contribution in [3.05, 3.63) is 11.6 Å². The summed E-state index contributed by atoms with van der Waals surface area (Å²) in [6, 6.07) is 0.814. The van der Waals surface area contributed by atoms with Gasteiger partial charge in [-0.25, -0.2) is 0 Å². The quantitative estimate of drug-likeness (QED) is 0.694. The van der Waals surface area contributed by atoms with Crippen LogP contribution in [0.25, 0.3) is 0 Å². The van der Waals surface area contributed by atoms with Crippen molar-refractivity contribution in [3.63, 3.8) is 0 Å². The molecule has 0 aromatic heterocycles. The van der Waals surface area contributed by atoms with Crippen molar-refractivity contribution in [2.75, 3.05) is 6.54 Å². The molecule has 0 spiro atoms. The molecule has 2 aliphatic carbocycles. The van der Waals surface area contributed by atoms with E-state index in [-0.39, 0.29) is 0 Å². The molecule has 0 radical (unpaired) electrons. The van der Waals surface area contributed by atoms with Gasteiger partial charge >= 0.3 is 0 Å². The first-order chi connectivity index (χ1) is 7.36. The van der Waals surface area contributed by atoms with Gasteiger partial charge in [0, 0.05) is 6.04 Å². The molecular weight excluding hydrogens is 182 g/mol. The van der Waals surface area contributed by atoms with Crippen LogP contribution in [-0.4, -0.2) is 12.6 Å². The maximum Gasteiger partial charge on any atom is 0.00928 e. The highest BCUT2D eigenvalue weighted by Gasteiger charge is 2.22. The summed E-state index contributed by atoms with van der Waals surface area (Å²) in [5, 5.41) is 3.74. The van der Waals surface area contributed by atoms with Gasteiger partial charge in [0.15, 0.2) is 0 Å². The normalized spacial score (nSPS) is 31.7. The van der Waals surface area contributed by atoms with Crippen molar-refractivity contribution in [3.8, 4) is 0 Å². The van der Waals surface area contributed by atoms with Crippen LogP contribution >= 0.6 is 0 Å². The molecule has 0 bridgehead atoms. The molecule has 0 unspecified atom stereocenters. The van der Waals surface area contributed by atoms with Crippen LogP contribution in [0, 0.1) is 5.92 Å². The lowest BCUT2D eigenvalue weighted by atomic mass is 9.97. The van der Waals surface area contributed by atoms with Crippen molar-refractivity contribution < 1.29 is 0 Å². The van der Waals surface area contributed by atoms with Crippen LogP contribution in [0.3, 0.4) is 0 Å². The van der Waals surface area contributed by atoms with Crippen molar-refractivity contribution in [2.45, 2.75) is 64.3 Å². The monoisotopic (exact) mass is 207 g/mol. The van der Waals surface area contributed by atoms with E-state index in [1.165, 1.54) is 57.9 Å². The second-order valence-corrected chi connectivity index (χ2v) is 5.33. The number of hydrogen-bond donors (Lipinski definition) is 1. The Labute approximate surface area is 94.3 Å². The van der Waals surface area contributed by atoms with Crippen molar-refractivity contribution in [1.82, 2.24) is 5.32 Å². The fraction of sp³-hybridized carbons (Fsp3) is 0.857. The van der Waals surface area contributed by atoms with Gasteiger partial charge in [-0.3, -0.25) is 0 Å². The Balaban J connectivity index is 1.63. The van der Waals surface area contributed by atoms with Gasteiger partial charge in [-0.05, 0) is 57.4 Å². The van der Waals surface area contributed by atoms with E-state index in [0.29, 0.717) is 0 Å². The molecule has 1 fully saturated rings. The predicted octanol–water partition coefficient (Wildman–Crippen LogP) is 3.66. The molecule has 0 aliphatic heterocycles. The molecule has 15 heavy (non-hydrogen) atoms. The predicted molar refractivity (Wildman–Crippen MR) is 66.0 cm³/mol. The number of hydrogen-bond acceptors (Lipinski definition) is 1. The van der Waals surface area contributed by atoms with Gasteiger partial charge < -0.3 is 5.32 Å². The Morgan fingerprint density at radius 1 is 1.27 bits per heavy atom. The molecule has 0 saturated heterocycles. The Hall–Kier alpha value is -0.300. The Bertz CT molecular complexity index is 219. The second kappa shape index (κ2) is 5.69. The van der Waals surface area contributed by atoms with Crippen LogP contribution in [-0.2, 0) is 0 Å². The third kappa shape index (κ3) is 3.34. The lowest BCUT2D eigenvalue weighted by molar-refractivity contribution is 0.428. The van der Waals surface area contributed by atoms with Gasteiger partial charge in [-0.15, -0.1) is 0 Å². The van der Waals surface area contributed by atoms with E-state index in [4.69, 9.17) is 0 Å². The maximum atomic E-state index is 3.74. The molecule has 2 atom stereocenters. The third-order valence-corrected chi connectivity index (χ3v) is 4.10. The fourth-order valence-electron chi connectivity index (χ4n) is 3.00. The minimum atomic E-state index is 0.814. The van der Waals surface area contributed by atoms with Crippen LogP contribution in [0.1, 0.15) is 58.3 Å². The van der Waals surface area contributed by atoms with Crippen molar-refractivity contribution in [2.24, 2.45) is 5.92 Å². The molecule has 1 N–H and O–H groups in total. The average molecular weight is 207 g/mol. The fourth-order valence-corrected chi connectivity index (χ4v) is 3.00. The smallest absolute Gasteiger partial charge is 0.00928 e. The molecule has 2 aliphatic rings. The highest BCUT2D eigenvalue weighted by atomic mass is 14.9. The van der Waals surface area contributed by atoms with Crippen LogP contribution in [0.4, 0.5) is 0 Å². The molecule has 1 nitrogen and oxygen atoms in total. The van der Waals surface area contributed by atoms with E-state index in [1.54, 1.807) is 5.57 Å². The lowest BCUT2D eigenvalue weighted by Gasteiger charge is -2.19. The van der Waals surface area contributed by atoms with Gasteiger partial charge in [0.1, 0.15) is 0 Å². The van der Waals surface area contributed by atoms with E-state index in [9.17, 15) is 0 Å². The average Bonchev–Trinajstić information content (AvgIpc) is 2.66. The summed E-state index contributed by atoms with van der Waals surface area (Å²) in [4.78, 5) is 0. The van der Waals surface area contributed by atoms with E-state index >= 15 is 0 Å². The number of nitrogens with one attached hydrogen (secondary N) is 1. The zero-order valence-electron chi connectivity index (χ0n) is 10.1. The Morgan fingerprint density at radius 2 is 2.20 bits per heavy atom. The topological polar surface area (TPSA) is 12.0 Å². The molecule has 0 aromatic carbocycles. The number of rotatable bonds is 4. The first-order valence-electron chi connectivity index (χ1n) is 6.77. The van der Waals surface area contributed by atoms with Crippen molar-refractivity contribution >= 4 is 0 Å². The third-order valence-electron chi connectivity index (χ3n) is 4.10. The molecule has 0 heterocycles. The zero-order valence-corrected chi connectivity index (χ0v) is 10.1. The van der Waals surface area contributed by atoms with Gasteiger partial charge in [0.25, 0.3) is 0 Å². The molecule has 1 saturated carbocycles. The Kier molecular flexibility index (Phi) is 4.25. The first-order valence-corrected chi connectivity index (χ1v) is 6.77. The van der Waals surface area contributed by atoms with Crippen LogP contribution in [0.2, 0.25) is 0 Å². The summed E-state index contributed by atoms with van der Waals surface area (Å²) in [6.07, 6.45) is 13.6. The summed E-state index contributed by atoms with van der Waals surface area (Å²) >= 11 is 0. The van der Waals surface area contributed by atoms with Gasteiger partial charge in [-0.2, -0.15) is 0 Å². The van der Waals surface area contributed by atoms with Gasteiger partial charge in [-0.1, -0.05) is 25.0 Å². The van der Waals surface area contributed by atoms with Crippen LogP contribution in [0.15, 0.2) is 11.6 Å². The van der Waals surface area contributed by atoms with Crippen LogP contribution in [0.5, 0.6) is 0 Å². The zero-order chi connectivity index (χ0) is 10.5. The van der Waals surface area contributed by atoms with E-state index in [2.05, 4.69) is 18.3 Å². The summed E-state index contributed by atoms with van der Waals surface area (Å²) in [6.45, 7) is 3.60. The first kappa shape index (κ1) is 11.2. The minimum Gasteiger partial charge on any atom is -0.313 e. The highest BCUT2D eigenvalue weighted by Crippen LogP contribution is 2.25. The van der Waals surface area contributed by atoms with Crippen LogP contribution < -0.4 is 5.32 Å². The molecular formula is C14H25N. The van der Waals surface area contributed by atoms with Crippen molar-refractivity contribution in [1.29, 1.82) is 0 Å². The SMILES string of the molecule is C[C@H]1CCC[C@@H]1NCCC1=CCCCC1. The largest absolute Gasteiger partial charge is 0.313 e. The van der Waals surface area contributed by atoms with E-state index in [1.807, 2.05) is 0 Å². The summed E-state index contributed by atoms with van der Waals surface area (Å²) in [7, 11) is 0. The summed E-state index contributed by atoms with van der Waals surface area (Å²) in [5.74, 6) is 0.908. The lowest BCUT2D eigenvalue weighted by Crippen LogP contribution is -2.32. The summed E-state index contributed by atoms with van der Waals surface area (Å²) in [5.41, 5.74) is 1.71.